The molecule has 0 spiro atoms. The monoisotopic (exact) mass is 273 g/mol. The van der Waals surface area contributed by atoms with Gasteiger partial charge in [-0.2, -0.15) is 0 Å². The number of rotatable bonds is 1. The summed E-state index contributed by atoms with van der Waals surface area (Å²) in [6, 6.07) is 4.49. The van der Waals surface area contributed by atoms with Gasteiger partial charge in [0.25, 0.3) is 0 Å². The minimum atomic E-state index is -0.177. The van der Waals surface area contributed by atoms with Crippen LogP contribution in [0.15, 0.2) is 12.1 Å². The van der Waals surface area contributed by atoms with Crippen molar-refractivity contribution in [3.05, 3.63) is 28.8 Å². The number of ether oxygens (including phenoxy) is 1. The summed E-state index contributed by atoms with van der Waals surface area (Å²) in [5.41, 5.74) is 5.31. The first kappa shape index (κ1) is 13.5. The topological polar surface area (TPSA) is 29.5 Å². The predicted octanol–water partition coefficient (Wildman–Crippen LogP) is 3.86. The Bertz CT molecular complexity index is 522. The van der Waals surface area contributed by atoms with Gasteiger partial charge in [0.15, 0.2) is 0 Å². The van der Waals surface area contributed by atoms with Crippen molar-refractivity contribution in [2.24, 2.45) is 0 Å². The molecule has 0 aromatic heterocycles. The van der Waals surface area contributed by atoms with Crippen LogP contribution in [0.25, 0.3) is 0 Å². The first-order valence-corrected chi connectivity index (χ1v) is 7.78. The lowest BCUT2D eigenvalue weighted by atomic mass is 10.00. The summed E-state index contributed by atoms with van der Waals surface area (Å²) < 4.78 is 5.45. The molecule has 0 radical (unpaired) electrons. The summed E-state index contributed by atoms with van der Waals surface area (Å²) in [7, 11) is 0. The van der Waals surface area contributed by atoms with Gasteiger partial charge in [0.2, 0.25) is 0 Å². The fourth-order valence-electron chi connectivity index (χ4n) is 3.38. The number of aryl methyl sites for hydroxylation is 2. The maximum absolute atomic E-state index is 12.4. The Morgan fingerprint density at radius 2 is 1.85 bits per heavy atom. The highest BCUT2D eigenvalue weighted by molar-refractivity contribution is 5.90. The standard InChI is InChI=1S/C17H23NO2/c1-12(2)20-17(19)18-11-4-3-6-14-10-9-13-7-5-8-15(13)16(14)18/h9-10,12H,3-8,11H2,1-2H3. The third-order valence-electron chi connectivity index (χ3n) is 4.24. The largest absolute Gasteiger partial charge is 0.446 e. The highest BCUT2D eigenvalue weighted by atomic mass is 16.6. The van der Waals surface area contributed by atoms with E-state index in [2.05, 4.69) is 12.1 Å². The molecule has 3 heteroatoms. The zero-order chi connectivity index (χ0) is 14.1. The van der Waals surface area contributed by atoms with Gasteiger partial charge < -0.3 is 4.74 Å². The van der Waals surface area contributed by atoms with Crippen molar-refractivity contribution in [2.75, 3.05) is 11.4 Å². The number of hydrogen-bond acceptors (Lipinski definition) is 2. The predicted molar refractivity (Wildman–Crippen MR) is 80.4 cm³/mol. The molecule has 2 aliphatic rings. The van der Waals surface area contributed by atoms with Crippen molar-refractivity contribution in [3.63, 3.8) is 0 Å². The lowest BCUT2D eigenvalue weighted by Crippen LogP contribution is -2.34. The Labute approximate surface area is 120 Å². The van der Waals surface area contributed by atoms with Crippen LogP contribution < -0.4 is 4.90 Å². The Balaban J connectivity index is 2.02. The molecule has 20 heavy (non-hydrogen) atoms. The van der Waals surface area contributed by atoms with Crippen LogP contribution in [0.4, 0.5) is 10.5 Å². The number of carbonyl (C=O) groups is 1. The van der Waals surface area contributed by atoms with E-state index in [1.54, 1.807) is 0 Å². The summed E-state index contributed by atoms with van der Waals surface area (Å²) in [5, 5.41) is 0. The van der Waals surface area contributed by atoms with E-state index < -0.39 is 0 Å². The van der Waals surface area contributed by atoms with Gasteiger partial charge in [-0.05, 0) is 69.1 Å². The van der Waals surface area contributed by atoms with Gasteiger partial charge >= 0.3 is 6.09 Å². The van der Waals surface area contributed by atoms with Crippen molar-refractivity contribution < 1.29 is 9.53 Å². The smallest absolute Gasteiger partial charge is 0.414 e. The highest BCUT2D eigenvalue weighted by Gasteiger charge is 2.28. The zero-order valence-corrected chi connectivity index (χ0v) is 12.4. The Hall–Kier alpha value is -1.51. The Morgan fingerprint density at radius 1 is 1.10 bits per heavy atom. The van der Waals surface area contributed by atoms with Crippen molar-refractivity contribution in [1.29, 1.82) is 0 Å². The zero-order valence-electron chi connectivity index (χ0n) is 12.4. The maximum Gasteiger partial charge on any atom is 0.414 e. The summed E-state index contributed by atoms with van der Waals surface area (Å²) in [5.74, 6) is 0. The van der Waals surface area contributed by atoms with Crippen molar-refractivity contribution in [2.45, 2.75) is 58.5 Å². The van der Waals surface area contributed by atoms with Crippen LogP contribution in [0, 0.1) is 0 Å². The molecule has 1 amide bonds. The van der Waals surface area contributed by atoms with Gasteiger partial charge in [0.1, 0.15) is 0 Å². The average Bonchev–Trinajstić information content (AvgIpc) is 2.76. The number of anilines is 1. The average molecular weight is 273 g/mol. The van der Waals surface area contributed by atoms with Crippen LogP contribution >= 0.6 is 0 Å². The minimum absolute atomic E-state index is 0.0639. The van der Waals surface area contributed by atoms with Gasteiger partial charge in [0.05, 0.1) is 11.8 Å². The Kier molecular flexibility index (Phi) is 3.68. The van der Waals surface area contributed by atoms with E-state index in [0.717, 1.165) is 38.6 Å². The molecule has 1 aliphatic heterocycles. The first-order chi connectivity index (χ1) is 9.66. The van der Waals surface area contributed by atoms with Gasteiger partial charge in [-0.3, -0.25) is 4.90 Å². The van der Waals surface area contributed by atoms with Crippen molar-refractivity contribution in [1.82, 2.24) is 0 Å². The number of fused-ring (bicyclic) bond motifs is 3. The second-order valence-corrected chi connectivity index (χ2v) is 6.11. The summed E-state index contributed by atoms with van der Waals surface area (Å²) in [4.78, 5) is 14.3. The van der Waals surface area contributed by atoms with Crippen LogP contribution in [0.5, 0.6) is 0 Å². The van der Waals surface area contributed by atoms with E-state index >= 15 is 0 Å². The van der Waals surface area contributed by atoms with Crippen LogP contribution in [0.2, 0.25) is 0 Å². The molecular formula is C17H23NO2. The van der Waals surface area contributed by atoms with E-state index in [-0.39, 0.29) is 12.2 Å². The molecule has 0 saturated carbocycles. The van der Waals surface area contributed by atoms with E-state index in [0.29, 0.717) is 0 Å². The number of benzene rings is 1. The molecule has 0 atom stereocenters. The second kappa shape index (κ2) is 5.47. The van der Waals surface area contributed by atoms with E-state index in [4.69, 9.17) is 4.74 Å². The molecule has 1 aromatic carbocycles. The Morgan fingerprint density at radius 3 is 2.65 bits per heavy atom. The third kappa shape index (κ3) is 2.41. The van der Waals surface area contributed by atoms with E-state index in [1.807, 2.05) is 18.7 Å². The molecule has 0 unspecified atom stereocenters. The summed E-state index contributed by atoms with van der Waals surface area (Å²) >= 11 is 0. The SMILES string of the molecule is CC(C)OC(=O)N1CCCCc2ccc3c(c21)CCC3. The highest BCUT2D eigenvalue weighted by Crippen LogP contribution is 2.37. The molecule has 0 fully saturated rings. The van der Waals surface area contributed by atoms with Gasteiger partial charge in [-0.1, -0.05) is 12.1 Å². The fraction of sp³-hybridized carbons (Fsp3) is 0.588. The van der Waals surface area contributed by atoms with Crippen molar-refractivity contribution >= 4 is 11.8 Å². The minimum Gasteiger partial charge on any atom is -0.446 e. The van der Waals surface area contributed by atoms with E-state index in [9.17, 15) is 4.79 Å². The van der Waals surface area contributed by atoms with Crippen LogP contribution in [-0.4, -0.2) is 18.7 Å². The fourth-order valence-corrected chi connectivity index (χ4v) is 3.38. The van der Waals surface area contributed by atoms with Crippen LogP contribution in [-0.2, 0) is 24.0 Å². The number of amides is 1. The molecule has 3 nitrogen and oxygen atoms in total. The quantitative estimate of drug-likeness (QED) is 0.777. The van der Waals surface area contributed by atoms with Gasteiger partial charge in [0, 0.05) is 6.54 Å². The molecule has 1 aromatic rings. The molecule has 1 heterocycles. The maximum atomic E-state index is 12.4. The normalized spacial score (nSPS) is 17.6. The second-order valence-electron chi connectivity index (χ2n) is 6.11. The molecule has 108 valence electrons. The molecule has 0 N–H and O–H groups in total. The molecule has 1 aliphatic carbocycles. The third-order valence-corrected chi connectivity index (χ3v) is 4.24. The van der Waals surface area contributed by atoms with Crippen molar-refractivity contribution in [3.8, 4) is 0 Å². The summed E-state index contributed by atoms with van der Waals surface area (Å²) in [6.45, 7) is 4.60. The summed E-state index contributed by atoms with van der Waals surface area (Å²) in [6.07, 6.45) is 6.50. The number of carbonyl (C=O) groups excluding carboxylic acids is 1. The van der Waals surface area contributed by atoms with Crippen LogP contribution in [0.3, 0.4) is 0 Å². The lowest BCUT2D eigenvalue weighted by molar-refractivity contribution is 0.122. The van der Waals surface area contributed by atoms with Gasteiger partial charge in [-0.15, -0.1) is 0 Å². The van der Waals surface area contributed by atoms with E-state index in [1.165, 1.54) is 28.8 Å². The first-order valence-electron chi connectivity index (χ1n) is 7.78. The molecule has 0 bridgehead atoms. The lowest BCUT2D eigenvalue weighted by Gasteiger charge is -2.26. The number of nitrogens with zero attached hydrogens (tertiary/aromatic N) is 1. The molecule has 0 saturated heterocycles. The number of hydrogen-bond donors (Lipinski definition) is 0. The van der Waals surface area contributed by atoms with Gasteiger partial charge in [-0.25, -0.2) is 4.79 Å². The van der Waals surface area contributed by atoms with Crippen LogP contribution in [0.1, 0.15) is 49.8 Å². The molecule has 3 rings (SSSR count). The molecular weight excluding hydrogens is 250 g/mol.